The van der Waals surface area contributed by atoms with Gasteiger partial charge in [0, 0.05) is 16.5 Å². The summed E-state index contributed by atoms with van der Waals surface area (Å²) in [5.41, 5.74) is 2.20. The lowest BCUT2D eigenvalue weighted by atomic mass is 9.89. The third kappa shape index (κ3) is 2.51. The van der Waals surface area contributed by atoms with Gasteiger partial charge in [0.25, 0.3) is 0 Å². The third-order valence-corrected chi connectivity index (χ3v) is 4.20. The number of hydrogen-bond donors (Lipinski definition) is 0. The first-order valence-corrected chi connectivity index (χ1v) is 7.04. The highest BCUT2D eigenvalue weighted by molar-refractivity contribution is 6.30. The summed E-state index contributed by atoms with van der Waals surface area (Å²) in [4.78, 5) is 0. The quantitative estimate of drug-likeness (QED) is 0.737. The molecule has 0 N–H and O–H groups in total. The van der Waals surface area contributed by atoms with Crippen molar-refractivity contribution < 1.29 is 4.74 Å². The van der Waals surface area contributed by atoms with Crippen LogP contribution < -0.4 is 0 Å². The minimum atomic E-state index is -0.210. The maximum absolute atomic E-state index is 5.94. The molecule has 2 aromatic carbocycles. The van der Waals surface area contributed by atoms with Crippen LogP contribution in [0.15, 0.2) is 48.5 Å². The Kier molecular flexibility index (Phi) is 3.30. The number of benzene rings is 2. The predicted molar refractivity (Wildman–Crippen MR) is 78.8 cm³/mol. The molecule has 0 bridgehead atoms. The number of halogens is 2. The van der Waals surface area contributed by atoms with E-state index in [1.807, 2.05) is 36.4 Å². The Balaban J connectivity index is 1.88. The first-order chi connectivity index (χ1) is 9.10. The van der Waals surface area contributed by atoms with Gasteiger partial charge in [-0.15, -0.1) is 0 Å². The summed E-state index contributed by atoms with van der Waals surface area (Å²) in [6.07, 6.45) is 1.08. The molecule has 1 fully saturated rings. The van der Waals surface area contributed by atoms with E-state index in [4.69, 9.17) is 27.9 Å². The van der Waals surface area contributed by atoms with Crippen LogP contribution in [0, 0.1) is 0 Å². The number of epoxide rings is 1. The van der Waals surface area contributed by atoms with Gasteiger partial charge in [-0.05, 0) is 42.3 Å². The second-order valence-electron chi connectivity index (χ2n) is 4.96. The van der Waals surface area contributed by atoms with Crippen LogP contribution >= 0.6 is 23.2 Å². The van der Waals surface area contributed by atoms with Gasteiger partial charge < -0.3 is 4.74 Å². The molecule has 0 saturated carbocycles. The van der Waals surface area contributed by atoms with E-state index in [2.05, 4.69) is 19.1 Å². The van der Waals surface area contributed by atoms with E-state index < -0.39 is 0 Å². The summed E-state index contributed by atoms with van der Waals surface area (Å²) >= 11 is 11.9. The zero-order valence-electron chi connectivity index (χ0n) is 10.6. The van der Waals surface area contributed by atoms with E-state index in [1.54, 1.807) is 0 Å². The second-order valence-corrected chi connectivity index (χ2v) is 5.83. The normalized spacial score (nSPS) is 25.3. The highest BCUT2D eigenvalue weighted by atomic mass is 35.5. The maximum Gasteiger partial charge on any atom is 0.123 e. The molecule has 0 aliphatic carbocycles. The fraction of sp³-hybridized carbons (Fsp3) is 0.250. The number of rotatable bonds is 3. The van der Waals surface area contributed by atoms with E-state index in [0.29, 0.717) is 0 Å². The Bertz CT molecular complexity index is 577. The molecule has 19 heavy (non-hydrogen) atoms. The molecule has 98 valence electrons. The van der Waals surface area contributed by atoms with Gasteiger partial charge in [-0.3, -0.25) is 0 Å². The lowest BCUT2D eigenvalue weighted by molar-refractivity contribution is 0.297. The lowest BCUT2D eigenvalue weighted by Crippen LogP contribution is -2.15. The van der Waals surface area contributed by atoms with Gasteiger partial charge in [0.05, 0.1) is 6.10 Å². The van der Waals surface area contributed by atoms with Crippen molar-refractivity contribution in [3.8, 4) is 0 Å². The summed E-state index contributed by atoms with van der Waals surface area (Å²) < 4.78 is 5.89. The van der Waals surface area contributed by atoms with Crippen molar-refractivity contribution >= 4 is 23.2 Å². The van der Waals surface area contributed by atoms with E-state index >= 15 is 0 Å². The molecule has 3 heteroatoms. The molecule has 0 spiro atoms. The molecular weight excluding hydrogens is 279 g/mol. The number of ether oxygens (including phenoxy) is 1. The van der Waals surface area contributed by atoms with Crippen LogP contribution in [-0.4, -0.2) is 6.10 Å². The Labute approximate surface area is 123 Å². The second kappa shape index (κ2) is 4.82. The molecule has 0 amide bonds. The topological polar surface area (TPSA) is 12.5 Å². The van der Waals surface area contributed by atoms with Crippen molar-refractivity contribution in [1.82, 2.24) is 0 Å². The van der Waals surface area contributed by atoms with Gasteiger partial charge in [-0.2, -0.15) is 0 Å². The first-order valence-electron chi connectivity index (χ1n) is 6.28. The van der Waals surface area contributed by atoms with Gasteiger partial charge in [0.15, 0.2) is 0 Å². The largest absolute Gasteiger partial charge is 0.361 e. The van der Waals surface area contributed by atoms with Crippen molar-refractivity contribution in [1.29, 1.82) is 0 Å². The predicted octanol–water partition coefficient (Wildman–Crippen LogP) is 4.85. The van der Waals surface area contributed by atoms with Gasteiger partial charge in [-0.1, -0.05) is 47.5 Å². The van der Waals surface area contributed by atoms with Crippen LogP contribution in [0.25, 0.3) is 0 Å². The fourth-order valence-corrected chi connectivity index (χ4v) is 2.76. The van der Waals surface area contributed by atoms with Crippen LogP contribution in [0.5, 0.6) is 0 Å². The molecule has 1 aliphatic rings. The molecule has 2 atom stereocenters. The molecule has 1 aliphatic heterocycles. The zero-order valence-corrected chi connectivity index (χ0v) is 12.1. The van der Waals surface area contributed by atoms with Gasteiger partial charge >= 0.3 is 0 Å². The van der Waals surface area contributed by atoms with Crippen molar-refractivity contribution in [2.24, 2.45) is 0 Å². The smallest absolute Gasteiger partial charge is 0.123 e. The van der Waals surface area contributed by atoms with E-state index in [9.17, 15) is 0 Å². The van der Waals surface area contributed by atoms with Crippen LogP contribution in [0.4, 0.5) is 0 Å². The molecule has 1 saturated heterocycles. The molecule has 1 heterocycles. The SMILES string of the molecule is CC1OC1(Cc1ccc(Cl)cc1)c1ccc(Cl)cc1. The minimum absolute atomic E-state index is 0.210. The van der Waals surface area contributed by atoms with E-state index in [1.165, 1.54) is 11.1 Å². The van der Waals surface area contributed by atoms with Crippen LogP contribution in [0.1, 0.15) is 18.1 Å². The van der Waals surface area contributed by atoms with Gasteiger partial charge in [0.1, 0.15) is 5.60 Å². The molecule has 2 unspecified atom stereocenters. The third-order valence-electron chi connectivity index (χ3n) is 3.70. The maximum atomic E-state index is 5.94. The van der Waals surface area contributed by atoms with Crippen LogP contribution in [0.3, 0.4) is 0 Å². The Hall–Kier alpha value is -1.02. The zero-order chi connectivity index (χ0) is 13.5. The van der Waals surface area contributed by atoms with E-state index in [0.717, 1.165) is 16.5 Å². The standard InChI is InChI=1S/C16H14Cl2O/c1-11-16(19-11,13-4-8-15(18)9-5-13)10-12-2-6-14(17)7-3-12/h2-9,11H,10H2,1H3. The summed E-state index contributed by atoms with van der Waals surface area (Å²) in [5, 5.41) is 1.51. The average molecular weight is 293 g/mol. The van der Waals surface area contributed by atoms with Gasteiger partial charge in [0.2, 0.25) is 0 Å². The van der Waals surface area contributed by atoms with Crippen molar-refractivity contribution in [2.75, 3.05) is 0 Å². The van der Waals surface area contributed by atoms with Crippen LogP contribution in [0.2, 0.25) is 10.0 Å². The van der Waals surface area contributed by atoms with Crippen molar-refractivity contribution in [3.05, 3.63) is 69.7 Å². The fourth-order valence-electron chi connectivity index (χ4n) is 2.51. The minimum Gasteiger partial charge on any atom is -0.361 e. The molecule has 0 radical (unpaired) electrons. The van der Waals surface area contributed by atoms with Gasteiger partial charge in [-0.25, -0.2) is 0 Å². The first kappa shape index (κ1) is 13.0. The lowest BCUT2D eigenvalue weighted by Gasteiger charge is -2.13. The summed E-state index contributed by atoms with van der Waals surface area (Å²) in [5.74, 6) is 0. The van der Waals surface area contributed by atoms with Crippen molar-refractivity contribution in [2.45, 2.75) is 25.0 Å². The van der Waals surface area contributed by atoms with Crippen LogP contribution in [-0.2, 0) is 16.8 Å². The Morgan fingerprint density at radius 2 is 1.42 bits per heavy atom. The van der Waals surface area contributed by atoms with Crippen molar-refractivity contribution in [3.63, 3.8) is 0 Å². The highest BCUT2D eigenvalue weighted by Gasteiger charge is 2.54. The molecule has 2 aromatic rings. The molecule has 1 nitrogen and oxygen atoms in total. The summed E-state index contributed by atoms with van der Waals surface area (Å²) in [6, 6.07) is 15.8. The Morgan fingerprint density at radius 1 is 0.947 bits per heavy atom. The monoisotopic (exact) mass is 292 g/mol. The number of hydrogen-bond acceptors (Lipinski definition) is 1. The Morgan fingerprint density at radius 3 is 1.89 bits per heavy atom. The average Bonchev–Trinajstić information content (AvgIpc) is 3.04. The molecule has 3 rings (SSSR count). The molecular formula is C16H14Cl2O. The van der Waals surface area contributed by atoms with E-state index in [-0.39, 0.29) is 11.7 Å². The highest BCUT2D eigenvalue weighted by Crippen LogP contribution is 2.48. The summed E-state index contributed by atoms with van der Waals surface area (Å²) in [6.45, 7) is 2.10. The summed E-state index contributed by atoms with van der Waals surface area (Å²) in [7, 11) is 0. The molecule has 0 aromatic heterocycles.